The topological polar surface area (TPSA) is 9.86 Å². The van der Waals surface area contributed by atoms with Gasteiger partial charge in [0.15, 0.2) is 0 Å². The minimum Gasteiger partial charge on any atom is -0.309 e. The quantitative estimate of drug-likeness (QED) is 0.162. The highest BCUT2D eigenvalue weighted by molar-refractivity contribution is 6.32. The molecule has 2 aromatic heterocycles. The first-order valence-electron chi connectivity index (χ1n) is 19.4. The molecule has 2 heterocycles. The average molecular weight is 709 g/mol. The zero-order chi connectivity index (χ0) is 36.5. The first-order chi connectivity index (χ1) is 27.8. The highest BCUT2D eigenvalue weighted by Gasteiger charge is 2.23. The molecule has 0 spiro atoms. The van der Waals surface area contributed by atoms with E-state index in [1.54, 1.807) is 0 Å². The van der Waals surface area contributed by atoms with E-state index in [2.05, 4.69) is 203 Å². The lowest BCUT2D eigenvalue weighted by Gasteiger charge is -2.13. The molecule has 0 saturated heterocycles. The van der Waals surface area contributed by atoms with Crippen LogP contribution in [-0.2, 0) is 0 Å². The number of nitrogens with zero attached hydrogens (tertiary/aromatic N) is 2. The summed E-state index contributed by atoms with van der Waals surface area (Å²) in [6.07, 6.45) is 0. The molecule has 0 aliphatic heterocycles. The number of rotatable bonds is 3. The Morgan fingerprint density at radius 2 is 0.750 bits per heavy atom. The molecule has 0 saturated carbocycles. The molecule has 13 rings (SSSR count). The van der Waals surface area contributed by atoms with E-state index < -0.39 is 0 Å². The van der Waals surface area contributed by atoms with E-state index in [-0.39, 0.29) is 0 Å². The van der Waals surface area contributed by atoms with Gasteiger partial charge in [-0.2, -0.15) is 0 Å². The van der Waals surface area contributed by atoms with Crippen molar-refractivity contribution in [1.82, 2.24) is 9.13 Å². The Balaban J connectivity index is 1.02. The summed E-state index contributed by atoms with van der Waals surface area (Å²) in [5.41, 5.74) is 15.0. The van der Waals surface area contributed by atoms with Gasteiger partial charge < -0.3 is 9.13 Å². The Bertz CT molecular complexity index is 3590. The van der Waals surface area contributed by atoms with Crippen molar-refractivity contribution in [3.8, 4) is 44.8 Å². The van der Waals surface area contributed by atoms with Crippen molar-refractivity contribution in [3.05, 3.63) is 194 Å². The van der Waals surface area contributed by atoms with Crippen LogP contribution in [0.25, 0.3) is 121 Å². The standard InChI is InChI=1S/C54H32N2/c1-2-11-35(12-3-1)55-48-20-9-7-16-46(48)54-50(55)31-24-34-23-27-44-43(51(34)54)30-32-49-53(44)45-15-6-8-19-47(45)56(49)36-25-21-33(22-26-36)37-28-29-42-39-14-5-4-13-38(39)41-18-10-17-40(37)52(41)42/h1-32H. The molecular weight excluding hydrogens is 677 g/mol. The molecule has 0 bridgehead atoms. The van der Waals surface area contributed by atoms with Crippen molar-refractivity contribution in [1.29, 1.82) is 0 Å². The first kappa shape index (κ1) is 30.0. The largest absolute Gasteiger partial charge is 0.309 e. The highest BCUT2D eigenvalue weighted by atomic mass is 15.0. The number of para-hydroxylation sites is 3. The van der Waals surface area contributed by atoms with Gasteiger partial charge in [0.05, 0.1) is 22.1 Å². The van der Waals surface area contributed by atoms with E-state index in [1.807, 2.05) is 0 Å². The van der Waals surface area contributed by atoms with Gasteiger partial charge in [0, 0.05) is 32.9 Å². The van der Waals surface area contributed by atoms with Crippen LogP contribution in [-0.4, -0.2) is 9.13 Å². The summed E-state index contributed by atoms with van der Waals surface area (Å²) in [5, 5.41) is 12.9. The first-order valence-corrected chi connectivity index (χ1v) is 19.4. The van der Waals surface area contributed by atoms with Crippen LogP contribution < -0.4 is 0 Å². The van der Waals surface area contributed by atoms with Crippen molar-refractivity contribution in [2.45, 2.75) is 0 Å². The molecule has 12 aromatic rings. The Hall–Kier alpha value is -7.42. The summed E-state index contributed by atoms with van der Waals surface area (Å²) in [6.45, 7) is 0. The Morgan fingerprint density at radius 1 is 0.232 bits per heavy atom. The number of aromatic nitrogens is 2. The predicted molar refractivity (Wildman–Crippen MR) is 238 cm³/mol. The van der Waals surface area contributed by atoms with Gasteiger partial charge in [0.1, 0.15) is 0 Å². The predicted octanol–water partition coefficient (Wildman–Crippen LogP) is 14.7. The van der Waals surface area contributed by atoms with Crippen LogP contribution in [0, 0.1) is 0 Å². The van der Waals surface area contributed by atoms with Crippen LogP contribution >= 0.6 is 0 Å². The Labute approximate surface area is 322 Å². The number of benzene rings is 10. The summed E-state index contributed by atoms with van der Waals surface area (Å²) in [5.74, 6) is 0. The smallest absolute Gasteiger partial charge is 0.0547 e. The summed E-state index contributed by atoms with van der Waals surface area (Å²) in [6, 6.07) is 71.8. The van der Waals surface area contributed by atoms with Gasteiger partial charge in [-0.3, -0.25) is 0 Å². The van der Waals surface area contributed by atoms with Crippen LogP contribution in [0.3, 0.4) is 0 Å². The third-order valence-electron chi connectivity index (χ3n) is 12.4. The van der Waals surface area contributed by atoms with Gasteiger partial charge in [0.2, 0.25) is 0 Å². The summed E-state index contributed by atoms with van der Waals surface area (Å²) in [4.78, 5) is 0. The second-order valence-electron chi connectivity index (χ2n) is 15.2. The molecule has 0 unspecified atom stereocenters. The van der Waals surface area contributed by atoms with Crippen LogP contribution in [0.2, 0.25) is 0 Å². The summed E-state index contributed by atoms with van der Waals surface area (Å²) in [7, 11) is 0. The normalized spacial score (nSPS) is 12.3. The molecule has 1 aliphatic rings. The molecule has 2 heteroatoms. The lowest BCUT2D eigenvalue weighted by molar-refractivity contribution is 1.18. The second kappa shape index (κ2) is 11.1. The molecule has 0 fully saturated rings. The maximum Gasteiger partial charge on any atom is 0.0547 e. The molecule has 2 nitrogen and oxygen atoms in total. The van der Waals surface area contributed by atoms with Crippen molar-refractivity contribution in [2.75, 3.05) is 0 Å². The number of hydrogen-bond acceptors (Lipinski definition) is 0. The second-order valence-corrected chi connectivity index (χ2v) is 15.2. The fraction of sp³-hybridized carbons (Fsp3) is 0. The van der Waals surface area contributed by atoms with E-state index >= 15 is 0 Å². The van der Waals surface area contributed by atoms with Crippen LogP contribution in [0.1, 0.15) is 0 Å². The third-order valence-corrected chi connectivity index (χ3v) is 12.4. The van der Waals surface area contributed by atoms with E-state index in [1.165, 1.54) is 115 Å². The van der Waals surface area contributed by atoms with E-state index in [9.17, 15) is 0 Å². The van der Waals surface area contributed by atoms with Crippen LogP contribution in [0.4, 0.5) is 0 Å². The lowest BCUT2D eigenvalue weighted by atomic mass is 9.94. The van der Waals surface area contributed by atoms with Crippen molar-refractivity contribution in [3.63, 3.8) is 0 Å². The zero-order valence-electron chi connectivity index (χ0n) is 30.4. The summed E-state index contributed by atoms with van der Waals surface area (Å²) < 4.78 is 4.86. The molecule has 0 amide bonds. The molecule has 0 atom stereocenters. The third kappa shape index (κ3) is 3.90. The van der Waals surface area contributed by atoms with E-state index in [0.717, 1.165) is 5.69 Å². The Kier molecular flexibility index (Phi) is 5.92. The molecule has 0 radical (unpaired) electrons. The molecule has 56 heavy (non-hydrogen) atoms. The minimum absolute atomic E-state index is 1.16. The zero-order valence-corrected chi connectivity index (χ0v) is 30.4. The van der Waals surface area contributed by atoms with E-state index in [0.29, 0.717) is 0 Å². The monoisotopic (exact) mass is 708 g/mol. The van der Waals surface area contributed by atoms with Crippen LogP contribution in [0.15, 0.2) is 194 Å². The molecular formula is C54H32N2. The molecule has 1 aliphatic carbocycles. The van der Waals surface area contributed by atoms with Crippen molar-refractivity contribution >= 4 is 75.9 Å². The maximum atomic E-state index is 2.45. The van der Waals surface area contributed by atoms with Gasteiger partial charge >= 0.3 is 0 Å². The van der Waals surface area contributed by atoms with Gasteiger partial charge in [0.25, 0.3) is 0 Å². The van der Waals surface area contributed by atoms with Gasteiger partial charge in [-0.25, -0.2) is 0 Å². The van der Waals surface area contributed by atoms with Gasteiger partial charge in [-0.1, -0.05) is 146 Å². The lowest BCUT2D eigenvalue weighted by Crippen LogP contribution is -1.94. The summed E-state index contributed by atoms with van der Waals surface area (Å²) >= 11 is 0. The van der Waals surface area contributed by atoms with Crippen LogP contribution in [0.5, 0.6) is 0 Å². The Morgan fingerprint density at radius 3 is 1.52 bits per heavy atom. The minimum atomic E-state index is 1.16. The fourth-order valence-corrected chi connectivity index (χ4v) is 10.1. The van der Waals surface area contributed by atoms with Crippen molar-refractivity contribution in [2.24, 2.45) is 0 Å². The molecule has 10 aromatic carbocycles. The highest BCUT2D eigenvalue weighted by Crippen LogP contribution is 2.49. The molecule has 258 valence electrons. The SMILES string of the molecule is c1ccc(-n2c3ccccc3c3c4c(ccc5c4ccc4c5c5ccccc5n4-c4ccc(-c5ccc6c7c(cccc57)-c5ccccc5-6)cc4)ccc32)cc1. The van der Waals surface area contributed by atoms with Gasteiger partial charge in [-0.05, 0) is 114 Å². The number of fused-ring (bicyclic) bond motifs is 14. The fourth-order valence-electron chi connectivity index (χ4n) is 10.1. The van der Waals surface area contributed by atoms with Gasteiger partial charge in [-0.15, -0.1) is 0 Å². The van der Waals surface area contributed by atoms with E-state index in [4.69, 9.17) is 0 Å². The molecule has 0 N–H and O–H groups in total. The average Bonchev–Trinajstić information content (AvgIpc) is 3.91. The number of hydrogen-bond donors (Lipinski definition) is 0. The van der Waals surface area contributed by atoms with Crippen molar-refractivity contribution < 1.29 is 0 Å². The maximum absolute atomic E-state index is 2.45.